The van der Waals surface area contributed by atoms with Gasteiger partial charge in [-0.2, -0.15) is 0 Å². The predicted octanol–water partition coefficient (Wildman–Crippen LogP) is 4.08. The normalized spacial score (nSPS) is 14.4. The van der Waals surface area contributed by atoms with E-state index in [1.54, 1.807) is 0 Å². The molecule has 0 radical (unpaired) electrons. The van der Waals surface area contributed by atoms with E-state index in [-0.39, 0.29) is 17.3 Å². The van der Waals surface area contributed by atoms with Crippen molar-refractivity contribution in [3.05, 3.63) is 70.0 Å². The second kappa shape index (κ2) is 4.78. The fraction of sp³-hybridized carbons (Fsp3) is 0.188. The van der Waals surface area contributed by atoms with Crippen LogP contribution in [0.15, 0.2) is 42.5 Å². The van der Waals surface area contributed by atoms with Crippen LogP contribution in [0, 0.1) is 11.7 Å². The summed E-state index contributed by atoms with van der Waals surface area (Å²) in [5.41, 5.74) is 2.47. The average molecular weight is 275 g/mol. The number of fused-ring (bicyclic) bond motifs is 1. The lowest BCUT2D eigenvalue weighted by atomic mass is 9.95. The van der Waals surface area contributed by atoms with Gasteiger partial charge < -0.3 is 0 Å². The molecule has 0 aliphatic heterocycles. The largest absolute Gasteiger partial charge is 0.294 e. The van der Waals surface area contributed by atoms with E-state index in [0.717, 1.165) is 0 Å². The number of carbonyl (C=O) groups is 1. The molecule has 0 N–H and O–H groups in total. The summed E-state index contributed by atoms with van der Waals surface area (Å²) >= 11 is 5.84. The Balaban J connectivity index is 1.89. The lowest BCUT2D eigenvalue weighted by molar-refractivity contribution is 0.0920. The van der Waals surface area contributed by atoms with Crippen molar-refractivity contribution in [1.82, 2.24) is 0 Å². The Morgan fingerprint density at radius 3 is 2.37 bits per heavy atom. The van der Waals surface area contributed by atoms with Crippen molar-refractivity contribution in [3.8, 4) is 0 Å². The smallest absolute Gasteiger partial charge is 0.169 e. The lowest BCUT2D eigenvalue weighted by Gasteiger charge is -2.09. The molecule has 0 spiro atoms. The molecule has 0 aromatic heterocycles. The van der Waals surface area contributed by atoms with Gasteiger partial charge in [-0.1, -0.05) is 35.9 Å². The van der Waals surface area contributed by atoms with Crippen LogP contribution in [0.3, 0.4) is 0 Å². The Kier molecular flexibility index (Phi) is 3.11. The topological polar surface area (TPSA) is 17.1 Å². The molecule has 3 heteroatoms. The van der Waals surface area contributed by atoms with Gasteiger partial charge in [-0.15, -0.1) is 0 Å². The van der Waals surface area contributed by atoms with Crippen LogP contribution in [-0.2, 0) is 12.8 Å². The van der Waals surface area contributed by atoms with E-state index in [1.165, 1.54) is 29.3 Å². The van der Waals surface area contributed by atoms with Gasteiger partial charge in [-0.3, -0.25) is 4.79 Å². The van der Waals surface area contributed by atoms with E-state index >= 15 is 0 Å². The van der Waals surface area contributed by atoms with Crippen LogP contribution in [0.25, 0.3) is 0 Å². The zero-order chi connectivity index (χ0) is 13.4. The number of benzene rings is 2. The number of hydrogen-bond donors (Lipinski definition) is 0. The van der Waals surface area contributed by atoms with Gasteiger partial charge in [0.05, 0.1) is 5.56 Å². The summed E-state index contributed by atoms with van der Waals surface area (Å²) in [5, 5.41) is 0.389. The van der Waals surface area contributed by atoms with E-state index in [9.17, 15) is 9.18 Å². The van der Waals surface area contributed by atoms with Crippen molar-refractivity contribution < 1.29 is 9.18 Å². The highest BCUT2D eigenvalue weighted by atomic mass is 35.5. The van der Waals surface area contributed by atoms with Gasteiger partial charge >= 0.3 is 0 Å². The maximum atomic E-state index is 13.7. The molecule has 0 fully saturated rings. The van der Waals surface area contributed by atoms with Crippen LogP contribution in [0.1, 0.15) is 21.5 Å². The van der Waals surface area contributed by atoms with E-state index < -0.39 is 5.82 Å². The van der Waals surface area contributed by atoms with Crippen LogP contribution < -0.4 is 0 Å². The zero-order valence-electron chi connectivity index (χ0n) is 10.2. The highest BCUT2D eigenvalue weighted by Gasteiger charge is 2.29. The molecule has 0 saturated heterocycles. The molecule has 0 saturated carbocycles. The highest BCUT2D eigenvalue weighted by Crippen LogP contribution is 2.30. The van der Waals surface area contributed by atoms with E-state index in [0.29, 0.717) is 17.9 Å². The van der Waals surface area contributed by atoms with Gasteiger partial charge in [-0.25, -0.2) is 4.39 Å². The summed E-state index contributed by atoms with van der Waals surface area (Å²) in [6.45, 7) is 0. The Morgan fingerprint density at radius 1 is 1.11 bits per heavy atom. The fourth-order valence-electron chi connectivity index (χ4n) is 2.65. The number of halogens is 2. The lowest BCUT2D eigenvalue weighted by Crippen LogP contribution is -2.16. The molecule has 1 nitrogen and oxygen atoms in total. The summed E-state index contributed by atoms with van der Waals surface area (Å²) in [4.78, 5) is 12.4. The molecule has 0 bridgehead atoms. The maximum absolute atomic E-state index is 13.7. The van der Waals surface area contributed by atoms with Crippen molar-refractivity contribution in [2.75, 3.05) is 0 Å². The van der Waals surface area contributed by atoms with Crippen molar-refractivity contribution in [3.63, 3.8) is 0 Å². The van der Waals surface area contributed by atoms with Gasteiger partial charge in [0, 0.05) is 10.9 Å². The standard InChI is InChI=1S/C16H12ClFO/c17-13-5-6-15(18)14(9-13)16(19)12-7-10-3-1-2-4-11(10)8-12/h1-6,9,12H,7-8H2. The molecule has 0 amide bonds. The molecule has 2 aromatic rings. The molecular formula is C16H12ClFO. The van der Waals surface area contributed by atoms with Crippen LogP contribution in [0.2, 0.25) is 5.02 Å². The first-order valence-electron chi connectivity index (χ1n) is 6.21. The molecule has 19 heavy (non-hydrogen) atoms. The summed E-state index contributed by atoms with van der Waals surface area (Å²) in [7, 11) is 0. The second-order valence-electron chi connectivity index (χ2n) is 4.86. The van der Waals surface area contributed by atoms with Crippen molar-refractivity contribution in [2.45, 2.75) is 12.8 Å². The van der Waals surface area contributed by atoms with E-state index in [1.807, 2.05) is 24.3 Å². The third-order valence-electron chi connectivity index (χ3n) is 3.62. The SMILES string of the molecule is O=C(c1cc(Cl)ccc1F)C1Cc2ccccc2C1. The number of ketones is 1. The minimum Gasteiger partial charge on any atom is -0.294 e. The zero-order valence-corrected chi connectivity index (χ0v) is 11.0. The Morgan fingerprint density at radius 2 is 1.74 bits per heavy atom. The Bertz CT molecular complexity index is 626. The average Bonchev–Trinajstić information content (AvgIpc) is 2.84. The van der Waals surface area contributed by atoms with Crippen molar-refractivity contribution in [1.29, 1.82) is 0 Å². The predicted molar refractivity (Wildman–Crippen MR) is 73.1 cm³/mol. The van der Waals surface area contributed by atoms with Crippen LogP contribution in [-0.4, -0.2) is 5.78 Å². The second-order valence-corrected chi connectivity index (χ2v) is 5.30. The maximum Gasteiger partial charge on any atom is 0.169 e. The Hall–Kier alpha value is -1.67. The molecule has 2 aromatic carbocycles. The summed E-state index contributed by atoms with van der Waals surface area (Å²) in [6, 6.07) is 12.1. The summed E-state index contributed by atoms with van der Waals surface area (Å²) < 4.78 is 13.7. The van der Waals surface area contributed by atoms with Gasteiger partial charge in [0.1, 0.15) is 5.82 Å². The molecule has 1 aliphatic rings. The van der Waals surface area contributed by atoms with Gasteiger partial charge in [0.2, 0.25) is 0 Å². The van der Waals surface area contributed by atoms with Crippen molar-refractivity contribution in [2.24, 2.45) is 5.92 Å². The van der Waals surface area contributed by atoms with E-state index in [4.69, 9.17) is 11.6 Å². The number of Topliss-reactive ketones (excluding diaryl/α,β-unsaturated/α-hetero) is 1. The monoisotopic (exact) mass is 274 g/mol. The first-order chi connectivity index (χ1) is 9.15. The number of hydrogen-bond acceptors (Lipinski definition) is 1. The minimum absolute atomic E-state index is 0.102. The molecule has 96 valence electrons. The van der Waals surface area contributed by atoms with Crippen LogP contribution in [0.4, 0.5) is 4.39 Å². The van der Waals surface area contributed by atoms with Gasteiger partial charge in [0.15, 0.2) is 5.78 Å². The first-order valence-corrected chi connectivity index (χ1v) is 6.59. The third-order valence-corrected chi connectivity index (χ3v) is 3.85. The molecular weight excluding hydrogens is 263 g/mol. The first kappa shape index (κ1) is 12.4. The minimum atomic E-state index is -0.495. The van der Waals surface area contributed by atoms with Crippen LogP contribution >= 0.6 is 11.6 Å². The van der Waals surface area contributed by atoms with Gasteiger partial charge in [-0.05, 0) is 42.2 Å². The van der Waals surface area contributed by atoms with Gasteiger partial charge in [0.25, 0.3) is 0 Å². The molecule has 0 atom stereocenters. The molecule has 0 heterocycles. The quantitative estimate of drug-likeness (QED) is 0.754. The number of carbonyl (C=O) groups excluding carboxylic acids is 1. The fourth-order valence-corrected chi connectivity index (χ4v) is 2.82. The van der Waals surface area contributed by atoms with Crippen molar-refractivity contribution >= 4 is 17.4 Å². The van der Waals surface area contributed by atoms with Crippen LogP contribution in [0.5, 0.6) is 0 Å². The number of rotatable bonds is 2. The molecule has 0 unspecified atom stereocenters. The summed E-state index contributed by atoms with van der Waals surface area (Å²) in [6.07, 6.45) is 1.36. The highest BCUT2D eigenvalue weighted by molar-refractivity contribution is 6.31. The Labute approximate surface area is 116 Å². The molecule has 1 aliphatic carbocycles. The molecule has 3 rings (SSSR count). The summed E-state index contributed by atoms with van der Waals surface area (Å²) in [5.74, 6) is -0.827. The third kappa shape index (κ3) is 2.28. The van der Waals surface area contributed by atoms with E-state index in [2.05, 4.69) is 0 Å².